The lowest BCUT2D eigenvalue weighted by Gasteiger charge is -2.19. The molecule has 0 saturated carbocycles. The first-order valence-electron chi connectivity index (χ1n) is 7.48. The van der Waals surface area contributed by atoms with Gasteiger partial charge >= 0.3 is 6.18 Å². The predicted octanol–water partition coefficient (Wildman–Crippen LogP) is 2.58. The molecular weight excluding hydrogens is 311 g/mol. The minimum atomic E-state index is -4.45. The Kier molecular flexibility index (Phi) is 4.72. The topological polar surface area (TPSA) is 54.9 Å². The van der Waals surface area contributed by atoms with Crippen LogP contribution >= 0.6 is 0 Å². The largest absolute Gasteiger partial charge is 0.418 e. The highest BCUT2D eigenvalue weighted by Gasteiger charge is 2.34. The lowest BCUT2D eigenvalue weighted by atomic mass is 10.0. The molecule has 0 bridgehead atoms. The van der Waals surface area contributed by atoms with Gasteiger partial charge < -0.3 is 14.8 Å². The summed E-state index contributed by atoms with van der Waals surface area (Å²) < 4.78 is 50.6. The highest BCUT2D eigenvalue weighted by Crippen LogP contribution is 2.36. The zero-order valence-corrected chi connectivity index (χ0v) is 12.4. The monoisotopic (exact) mass is 329 g/mol. The Morgan fingerprint density at radius 1 is 1.35 bits per heavy atom. The minimum Gasteiger partial charge on any atom is -0.382 e. The number of rotatable bonds is 4. The molecule has 0 aliphatic carbocycles. The van der Waals surface area contributed by atoms with Gasteiger partial charge in [0, 0.05) is 24.4 Å². The molecule has 2 heterocycles. The number of nitrogens with zero attached hydrogens (tertiary/aromatic N) is 1. The van der Waals surface area contributed by atoms with Gasteiger partial charge in [0.2, 0.25) is 0 Å². The van der Waals surface area contributed by atoms with Gasteiger partial charge in [0.1, 0.15) is 6.73 Å². The first-order valence-corrected chi connectivity index (χ1v) is 7.48. The van der Waals surface area contributed by atoms with Crippen LogP contribution in [0.4, 0.5) is 18.9 Å². The van der Waals surface area contributed by atoms with Crippen LogP contribution in [0.3, 0.4) is 0 Å². The molecule has 23 heavy (non-hydrogen) atoms. The summed E-state index contributed by atoms with van der Waals surface area (Å²) in [5, 5.41) is 6.86. The molecule has 0 amide bonds. The van der Waals surface area contributed by atoms with Gasteiger partial charge in [0.15, 0.2) is 0 Å². The van der Waals surface area contributed by atoms with E-state index < -0.39 is 11.7 Å². The van der Waals surface area contributed by atoms with E-state index in [-0.39, 0.29) is 25.1 Å². The Morgan fingerprint density at radius 3 is 2.87 bits per heavy atom. The SMILES string of the molecule is FC(F)(F)c1cc(C2=NNCOC2)ccc1NC[C@H]1CCCO1. The molecule has 2 N–H and O–H groups in total. The highest BCUT2D eigenvalue weighted by atomic mass is 19.4. The molecule has 0 unspecified atom stereocenters. The van der Waals surface area contributed by atoms with Crippen LogP contribution in [0.5, 0.6) is 0 Å². The minimum absolute atomic E-state index is 0.0314. The molecule has 1 fully saturated rings. The maximum Gasteiger partial charge on any atom is 0.418 e. The summed E-state index contributed by atoms with van der Waals surface area (Å²) in [5.74, 6) is 0. The first kappa shape index (κ1) is 16.1. The van der Waals surface area contributed by atoms with E-state index in [4.69, 9.17) is 9.47 Å². The third kappa shape index (κ3) is 3.94. The molecule has 1 atom stereocenters. The van der Waals surface area contributed by atoms with Crippen LogP contribution in [-0.2, 0) is 15.7 Å². The molecular formula is C15H18F3N3O2. The van der Waals surface area contributed by atoms with Gasteiger partial charge in [-0.25, -0.2) is 0 Å². The molecule has 5 nitrogen and oxygen atoms in total. The summed E-state index contributed by atoms with van der Waals surface area (Å²) >= 11 is 0. The summed E-state index contributed by atoms with van der Waals surface area (Å²) in [6.45, 7) is 1.49. The smallest absolute Gasteiger partial charge is 0.382 e. The van der Waals surface area contributed by atoms with Crippen LogP contribution < -0.4 is 10.7 Å². The lowest BCUT2D eigenvalue weighted by molar-refractivity contribution is -0.137. The number of anilines is 1. The average molecular weight is 329 g/mol. The third-order valence-electron chi connectivity index (χ3n) is 3.82. The molecule has 1 saturated heterocycles. The third-order valence-corrected chi connectivity index (χ3v) is 3.82. The number of hydrogen-bond donors (Lipinski definition) is 2. The van der Waals surface area contributed by atoms with Gasteiger partial charge in [-0.05, 0) is 25.0 Å². The van der Waals surface area contributed by atoms with E-state index in [1.54, 1.807) is 6.07 Å². The van der Waals surface area contributed by atoms with Crippen LogP contribution in [-0.4, -0.2) is 38.3 Å². The van der Waals surface area contributed by atoms with Crippen molar-refractivity contribution in [2.24, 2.45) is 5.10 Å². The van der Waals surface area contributed by atoms with Crippen molar-refractivity contribution in [2.45, 2.75) is 25.1 Å². The van der Waals surface area contributed by atoms with Crippen LogP contribution in [0, 0.1) is 0 Å². The van der Waals surface area contributed by atoms with E-state index in [0.29, 0.717) is 24.4 Å². The van der Waals surface area contributed by atoms with E-state index in [9.17, 15) is 13.2 Å². The number of halogens is 3. The van der Waals surface area contributed by atoms with Crippen LogP contribution in [0.25, 0.3) is 0 Å². The maximum atomic E-state index is 13.3. The number of alkyl halides is 3. The fraction of sp³-hybridized carbons (Fsp3) is 0.533. The molecule has 2 aliphatic heterocycles. The number of nitrogens with one attached hydrogen (secondary N) is 2. The van der Waals surface area contributed by atoms with E-state index in [1.165, 1.54) is 6.07 Å². The zero-order chi connectivity index (χ0) is 16.3. The summed E-state index contributed by atoms with van der Waals surface area (Å²) in [5.41, 5.74) is 2.82. The van der Waals surface area contributed by atoms with Gasteiger partial charge in [-0.15, -0.1) is 0 Å². The van der Waals surface area contributed by atoms with Gasteiger partial charge in [-0.3, -0.25) is 5.43 Å². The summed E-state index contributed by atoms with van der Waals surface area (Å²) in [7, 11) is 0. The molecule has 8 heteroatoms. The molecule has 3 rings (SSSR count). The van der Waals surface area contributed by atoms with Crippen LogP contribution in [0.15, 0.2) is 23.3 Å². The second-order valence-electron chi connectivity index (χ2n) is 5.48. The van der Waals surface area contributed by atoms with E-state index >= 15 is 0 Å². The van der Waals surface area contributed by atoms with Crippen molar-refractivity contribution in [3.8, 4) is 0 Å². The number of benzene rings is 1. The van der Waals surface area contributed by atoms with Crippen molar-refractivity contribution in [2.75, 3.05) is 31.8 Å². The van der Waals surface area contributed by atoms with Gasteiger partial charge in [0.25, 0.3) is 0 Å². The normalized spacial score (nSPS) is 21.7. The van der Waals surface area contributed by atoms with Gasteiger partial charge in [0.05, 0.1) is 24.0 Å². The molecule has 1 aromatic carbocycles. The number of ether oxygens (including phenoxy) is 2. The van der Waals surface area contributed by atoms with E-state index in [0.717, 1.165) is 18.9 Å². The standard InChI is InChI=1S/C15H18F3N3O2/c16-15(17,18)12-6-10(14-8-22-9-20-21-14)3-4-13(12)19-7-11-2-1-5-23-11/h3-4,6,11,19-20H,1-2,5,7-9H2/t11-/m1/s1. The molecule has 0 aromatic heterocycles. The van der Waals surface area contributed by atoms with Crippen molar-refractivity contribution in [3.63, 3.8) is 0 Å². The van der Waals surface area contributed by atoms with Gasteiger partial charge in [-0.2, -0.15) is 18.3 Å². The number of hydrogen-bond acceptors (Lipinski definition) is 5. The van der Waals surface area contributed by atoms with Gasteiger partial charge in [-0.1, -0.05) is 6.07 Å². The molecule has 2 aliphatic rings. The average Bonchev–Trinajstić information content (AvgIpc) is 3.06. The lowest BCUT2D eigenvalue weighted by Crippen LogP contribution is -2.26. The Labute approximate surface area is 131 Å². The molecule has 126 valence electrons. The van der Waals surface area contributed by atoms with E-state index in [2.05, 4.69) is 15.8 Å². The van der Waals surface area contributed by atoms with Crippen molar-refractivity contribution in [3.05, 3.63) is 29.3 Å². The predicted molar refractivity (Wildman–Crippen MR) is 79.4 cm³/mol. The second kappa shape index (κ2) is 6.76. The quantitative estimate of drug-likeness (QED) is 0.891. The van der Waals surface area contributed by atoms with Crippen molar-refractivity contribution < 1.29 is 22.6 Å². The first-order chi connectivity index (χ1) is 11.0. The highest BCUT2D eigenvalue weighted by molar-refractivity contribution is 6.02. The second-order valence-corrected chi connectivity index (χ2v) is 5.48. The number of hydrazone groups is 1. The van der Waals surface area contributed by atoms with E-state index in [1.807, 2.05) is 0 Å². The Bertz CT molecular complexity index is 584. The Balaban J connectivity index is 1.81. The molecule has 0 radical (unpaired) electrons. The maximum absolute atomic E-state index is 13.3. The Morgan fingerprint density at radius 2 is 2.22 bits per heavy atom. The fourth-order valence-corrected chi connectivity index (χ4v) is 2.64. The Hall–Kier alpha value is -1.80. The van der Waals surface area contributed by atoms with Crippen molar-refractivity contribution in [1.29, 1.82) is 0 Å². The van der Waals surface area contributed by atoms with Crippen LogP contribution in [0.1, 0.15) is 24.0 Å². The van der Waals surface area contributed by atoms with Crippen molar-refractivity contribution in [1.82, 2.24) is 5.43 Å². The molecule has 1 aromatic rings. The molecule has 0 spiro atoms. The fourth-order valence-electron chi connectivity index (χ4n) is 2.64. The zero-order valence-electron chi connectivity index (χ0n) is 12.4. The summed E-state index contributed by atoms with van der Waals surface area (Å²) in [4.78, 5) is 0. The van der Waals surface area contributed by atoms with Crippen molar-refractivity contribution >= 4 is 11.4 Å². The summed E-state index contributed by atoms with van der Waals surface area (Å²) in [6.07, 6.45) is -2.66. The van der Waals surface area contributed by atoms with Crippen LogP contribution in [0.2, 0.25) is 0 Å². The summed E-state index contributed by atoms with van der Waals surface area (Å²) in [6, 6.07) is 4.15.